The van der Waals surface area contributed by atoms with Crippen molar-refractivity contribution >= 4 is 17.7 Å². The van der Waals surface area contributed by atoms with E-state index in [0.717, 1.165) is 24.5 Å². The Labute approximate surface area is 108 Å². The van der Waals surface area contributed by atoms with E-state index in [1.54, 1.807) is 0 Å². The number of methoxy groups -OCH3 is 1. The zero-order chi connectivity index (χ0) is 12.3. The number of rotatable bonds is 4. The summed E-state index contributed by atoms with van der Waals surface area (Å²) in [6.07, 6.45) is 8.49. The van der Waals surface area contributed by atoms with E-state index in [1.807, 2.05) is 7.05 Å². The number of hydrogen-bond acceptors (Lipinski definition) is 4. The van der Waals surface area contributed by atoms with Crippen LogP contribution in [0.3, 0.4) is 0 Å². The molecule has 0 heterocycles. The third-order valence-electron chi connectivity index (χ3n) is 4.21. The highest BCUT2D eigenvalue weighted by Gasteiger charge is 2.45. The van der Waals surface area contributed by atoms with Gasteiger partial charge in [-0.3, -0.25) is 4.79 Å². The van der Waals surface area contributed by atoms with E-state index >= 15 is 0 Å². The van der Waals surface area contributed by atoms with E-state index in [9.17, 15) is 4.79 Å². The van der Waals surface area contributed by atoms with Crippen LogP contribution in [0.2, 0.25) is 0 Å². The number of carbonyl (C=O) groups excluding carboxylic acids is 1. The molecule has 2 saturated carbocycles. The summed E-state index contributed by atoms with van der Waals surface area (Å²) in [5.74, 6) is -0.0884. The van der Waals surface area contributed by atoms with Crippen LogP contribution >= 0.6 is 11.8 Å². The van der Waals surface area contributed by atoms with Gasteiger partial charge in [-0.25, -0.2) is 0 Å². The highest BCUT2D eigenvalue weighted by Crippen LogP contribution is 2.42. The first-order chi connectivity index (χ1) is 8.20. The Morgan fingerprint density at radius 1 is 1.29 bits per heavy atom. The molecule has 2 fully saturated rings. The molecule has 17 heavy (non-hydrogen) atoms. The first-order valence-corrected chi connectivity index (χ1v) is 7.57. The highest BCUT2D eigenvalue weighted by atomic mass is 32.2. The Kier molecular flexibility index (Phi) is 4.36. The van der Waals surface area contributed by atoms with Crippen LogP contribution in [0.25, 0.3) is 0 Å². The molecule has 0 spiro atoms. The normalized spacial score (nSPS) is 34.1. The Hall–Kier alpha value is -0.220. The molecule has 0 saturated heterocycles. The zero-order valence-electron chi connectivity index (χ0n) is 10.8. The van der Waals surface area contributed by atoms with E-state index in [2.05, 4.69) is 17.1 Å². The third kappa shape index (κ3) is 2.79. The van der Waals surface area contributed by atoms with Gasteiger partial charge in [0.25, 0.3) is 0 Å². The van der Waals surface area contributed by atoms with Crippen LogP contribution in [-0.2, 0) is 9.53 Å². The summed E-state index contributed by atoms with van der Waals surface area (Å²) in [6, 6.07) is 0. The SMILES string of the molecule is CNC1(C(=O)OC)CCC(SC2CCCC2)C1. The molecule has 2 rings (SSSR count). The van der Waals surface area contributed by atoms with Gasteiger partial charge < -0.3 is 10.1 Å². The maximum absolute atomic E-state index is 11.9. The number of esters is 1. The second-order valence-electron chi connectivity index (χ2n) is 5.23. The molecule has 4 heteroatoms. The molecule has 2 aliphatic rings. The number of carbonyl (C=O) groups is 1. The Bertz CT molecular complexity index is 279. The maximum atomic E-state index is 11.9. The van der Waals surface area contributed by atoms with Gasteiger partial charge in [-0.2, -0.15) is 11.8 Å². The molecule has 0 radical (unpaired) electrons. The molecule has 0 amide bonds. The van der Waals surface area contributed by atoms with Crippen molar-refractivity contribution in [2.45, 2.75) is 61.0 Å². The highest BCUT2D eigenvalue weighted by molar-refractivity contribution is 8.00. The molecular weight excluding hydrogens is 234 g/mol. The predicted octanol–water partition coefficient (Wildman–Crippen LogP) is 2.35. The fourth-order valence-corrected chi connectivity index (χ4v) is 4.91. The minimum absolute atomic E-state index is 0.0884. The second kappa shape index (κ2) is 5.61. The summed E-state index contributed by atoms with van der Waals surface area (Å²) in [7, 11) is 3.36. The molecule has 0 aromatic heterocycles. The van der Waals surface area contributed by atoms with Crippen LogP contribution in [0.5, 0.6) is 0 Å². The molecule has 0 aliphatic heterocycles. The Morgan fingerprint density at radius 3 is 2.59 bits per heavy atom. The molecule has 98 valence electrons. The molecule has 1 N–H and O–H groups in total. The number of thioether (sulfide) groups is 1. The maximum Gasteiger partial charge on any atom is 0.326 e. The summed E-state index contributed by atoms with van der Waals surface area (Å²) in [5, 5.41) is 4.66. The van der Waals surface area contributed by atoms with Crippen LogP contribution in [0.1, 0.15) is 44.9 Å². The minimum Gasteiger partial charge on any atom is -0.468 e. The van der Waals surface area contributed by atoms with Crippen LogP contribution in [0.15, 0.2) is 0 Å². The lowest BCUT2D eigenvalue weighted by molar-refractivity contribution is -0.148. The first-order valence-electron chi connectivity index (χ1n) is 6.63. The summed E-state index contributed by atoms with van der Waals surface area (Å²) in [5.41, 5.74) is -0.412. The lowest BCUT2D eigenvalue weighted by Crippen LogP contribution is -2.49. The fraction of sp³-hybridized carbons (Fsp3) is 0.923. The fourth-order valence-electron chi connectivity index (χ4n) is 3.12. The van der Waals surface area contributed by atoms with Gasteiger partial charge in [-0.15, -0.1) is 0 Å². The van der Waals surface area contributed by atoms with E-state index in [-0.39, 0.29) is 5.97 Å². The van der Waals surface area contributed by atoms with Crippen LogP contribution < -0.4 is 5.32 Å². The standard InChI is InChI=1S/C13H23NO2S/c1-14-13(12(15)16-2)8-7-11(9-13)17-10-5-3-4-6-10/h10-11,14H,3-9H2,1-2H3. The number of likely N-dealkylation sites (N-methyl/N-ethyl adjacent to an activating group) is 1. The van der Waals surface area contributed by atoms with E-state index in [0.29, 0.717) is 5.25 Å². The zero-order valence-corrected chi connectivity index (χ0v) is 11.6. The molecule has 0 aromatic rings. The topological polar surface area (TPSA) is 38.3 Å². The summed E-state index contributed by atoms with van der Waals surface area (Å²) in [6.45, 7) is 0. The monoisotopic (exact) mass is 257 g/mol. The van der Waals surface area contributed by atoms with Crippen molar-refractivity contribution in [2.75, 3.05) is 14.2 Å². The van der Waals surface area contributed by atoms with Gasteiger partial charge in [0.05, 0.1) is 7.11 Å². The van der Waals surface area contributed by atoms with Gasteiger partial charge in [0.1, 0.15) is 5.54 Å². The molecule has 0 bridgehead atoms. The predicted molar refractivity (Wildman–Crippen MR) is 71.3 cm³/mol. The largest absolute Gasteiger partial charge is 0.468 e. The minimum atomic E-state index is -0.412. The van der Waals surface area contributed by atoms with Crippen LogP contribution in [0, 0.1) is 0 Å². The van der Waals surface area contributed by atoms with Gasteiger partial charge in [0.2, 0.25) is 0 Å². The van der Waals surface area contributed by atoms with Gasteiger partial charge >= 0.3 is 5.97 Å². The second-order valence-corrected chi connectivity index (χ2v) is 6.84. The summed E-state index contributed by atoms with van der Waals surface area (Å²) < 4.78 is 4.94. The van der Waals surface area contributed by atoms with Crippen molar-refractivity contribution in [3.8, 4) is 0 Å². The summed E-state index contributed by atoms with van der Waals surface area (Å²) >= 11 is 2.11. The van der Waals surface area contributed by atoms with E-state index in [1.165, 1.54) is 32.8 Å². The number of nitrogens with one attached hydrogen (secondary N) is 1. The first kappa shape index (κ1) is 13.2. The molecule has 2 aliphatic carbocycles. The quantitative estimate of drug-likeness (QED) is 0.785. The summed E-state index contributed by atoms with van der Waals surface area (Å²) in [4.78, 5) is 11.9. The van der Waals surface area contributed by atoms with E-state index in [4.69, 9.17) is 4.74 Å². The lowest BCUT2D eigenvalue weighted by atomic mass is 9.98. The molecule has 2 unspecified atom stereocenters. The van der Waals surface area contributed by atoms with Gasteiger partial charge in [-0.1, -0.05) is 12.8 Å². The number of hydrogen-bond donors (Lipinski definition) is 1. The van der Waals surface area contributed by atoms with Crippen molar-refractivity contribution in [1.29, 1.82) is 0 Å². The molecule has 3 nitrogen and oxygen atoms in total. The molecule has 0 aromatic carbocycles. The van der Waals surface area contributed by atoms with Crippen LogP contribution in [-0.4, -0.2) is 36.2 Å². The van der Waals surface area contributed by atoms with Crippen molar-refractivity contribution in [2.24, 2.45) is 0 Å². The number of ether oxygens (including phenoxy) is 1. The molecule has 2 atom stereocenters. The average Bonchev–Trinajstić information content (AvgIpc) is 2.99. The van der Waals surface area contributed by atoms with Crippen molar-refractivity contribution in [3.63, 3.8) is 0 Å². The van der Waals surface area contributed by atoms with E-state index < -0.39 is 5.54 Å². The van der Waals surface area contributed by atoms with Crippen molar-refractivity contribution in [3.05, 3.63) is 0 Å². The van der Waals surface area contributed by atoms with Crippen molar-refractivity contribution in [1.82, 2.24) is 5.32 Å². The van der Waals surface area contributed by atoms with Crippen molar-refractivity contribution < 1.29 is 9.53 Å². The Morgan fingerprint density at radius 2 is 2.00 bits per heavy atom. The van der Waals surface area contributed by atoms with Gasteiger partial charge in [0.15, 0.2) is 0 Å². The van der Waals surface area contributed by atoms with Gasteiger partial charge in [0, 0.05) is 10.5 Å². The van der Waals surface area contributed by atoms with Crippen LogP contribution in [0.4, 0.5) is 0 Å². The molecular formula is C13H23NO2S. The third-order valence-corrected chi connectivity index (χ3v) is 5.85. The van der Waals surface area contributed by atoms with Gasteiger partial charge in [-0.05, 0) is 39.2 Å². The smallest absolute Gasteiger partial charge is 0.326 e. The Balaban J connectivity index is 1.90. The lowest BCUT2D eigenvalue weighted by Gasteiger charge is -2.26. The average molecular weight is 257 g/mol.